The van der Waals surface area contributed by atoms with E-state index in [9.17, 15) is 14.4 Å². The molecule has 0 saturated carbocycles. The first-order chi connectivity index (χ1) is 14.9. The predicted molar refractivity (Wildman–Crippen MR) is 117 cm³/mol. The first-order valence-electron chi connectivity index (χ1n) is 10.1. The maximum absolute atomic E-state index is 12.2. The molecule has 1 N–H and O–H groups in total. The van der Waals surface area contributed by atoms with E-state index in [-0.39, 0.29) is 23.5 Å². The van der Waals surface area contributed by atoms with Crippen molar-refractivity contribution in [2.24, 2.45) is 0 Å². The molecule has 0 unspecified atom stereocenters. The van der Waals surface area contributed by atoms with Crippen LogP contribution >= 0.6 is 0 Å². The number of esters is 1. The SMILES string of the molecule is CCCCNC(=O)c1cc2ccc(OC(=O)COc3ccc(C)c(C)c3)cc2oc1=O. The third kappa shape index (κ3) is 5.72. The van der Waals surface area contributed by atoms with Crippen molar-refractivity contribution in [1.82, 2.24) is 5.32 Å². The van der Waals surface area contributed by atoms with Crippen molar-refractivity contribution < 1.29 is 23.5 Å². The molecule has 1 aromatic heterocycles. The van der Waals surface area contributed by atoms with E-state index >= 15 is 0 Å². The van der Waals surface area contributed by atoms with E-state index in [1.165, 1.54) is 12.1 Å². The Morgan fingerprint density at radius 2 is 1.77 bits per heavy atom. The molecule has 31 heavy (non-hydrogen) atoms. The van der Waals surface area contributed by atoms with E-state index in [4.69, 9.17) is 13.9 Å². The van der Waals surface area contributed by atoms with E-state index in [0.29, 0.717) is 17.7 Å². The molecule has 0 aliphatic rings. The Labute approximate surface area is 180 Å². The van der Waals surface area contributed by atoms with E-state index in [0.717, 1.165) is 24.0 Å². The van der Waals surface area contributed by atoms with Gasteiger partial charge in [-0.15, -0.1) is 0 Å². The van der Waals surface area contributed by atoms with Gasteiger partial charge in [-0.05, 0) is 61.7 Å². The van der Waals surface area contributed by atoms with Crippen molar-refractivity contribution in [1.29, 1.82) is 0 Å². The fraction of sp³-hybridized carbons (Fsp3) is 0.292. The third-order valence-electron chi connectivity index (χ3n) is 4.83. The van der Waals surface area contributed by atoms with Crippen LogP contribution < -0.4 is 20.4 Å². The van der Waals surface area contributed by atoms with Gasteiger partial charge in [0.1, 0.15) is 22.6 Å². The molecule has 7 heteroatoms. The number of fused-ring (bicyclic) bond motifs is 1. The Morgan fingerprint density at radius 3 is 2.52 bits per heavy atom. The summed E-state index contributed by atoms with van der Waals surface area (Å²) >= 11 is 0. The quantitative estimate of drug-likeness (QED) is 0.255. The maximum Gasteiger partial charge on any atom is 0.349 e. The number of benzene rings is 2. The first kappa shape index (κ1) is 22.1. The number of hydrogen-bond acceptors (Lipinski definition) is 6. The van der Waals surface area contributed by atoms with E-state index in [1.807, 2.05) is 32.9 Å². The normalized spacial score (nSPS) is 10.7. The van der Waals surface area contributed by atoms with Crippen LogP contribution in [-0.4, -0.2) is 25.0 Å². The number of ether oxygens (including phenoxy) is 2. The summed E-state index contributed by atoms with van der Waals surface area (Å²) in [6.45, 7) is 6.20. The zero-order valence-electron chi connectivity index (χ0n) is 17.8. The maximum atomic E-state index is 12.2. The lowest BCUT2D eigenvalue weighted by atomic mass is 10.1. The summed E-state index contributed by atoms with van der Waals surface area (Å²) in [4.78, 5) is 36.5. The number of aryl methyl sites for hydroxylation is 2. The summed E-state index contributed by atoms with van der Waals surface area (Å²) < 4.78 is 16.0. The van der Waals surface area contributed by atoms with Gasteiger partial charge in [0.25, 0.3) is 5.91 Å². The van der Waals surface area contributed by atoms with Crippen LogP contribution in [0.25, 0.3) is 11.0 Å². The highest BCUT2D eigenvalue weighted by molar-refractivity contribution is 5.96. The topological polar surface area (TPSA) is 94.8 Å². The van der Waals surface area contributed by atoms with Crippen LogP contribution in [0, 0.1) is 13.8 Å². The predicted octanol–water partition coefficient (Wildman–Crippen LogP) is 3.92. The van der Waals surface area contributed by atoms with Crippen molar-refractivity contribution in [3.8, 4) is 11.5 Å². The minimum atomic E-state index is -0.747. The second kappa shape index (κ2) is 9.93. The first-order valence-corrected chi connectivity index (χ1v) is 10.1. The molecule has 0 bridgehead atoms. The summed E-state index contributed by atoms with van der Waals surface area (Å²) in [6, 6.07) is 11.6. The summed E-state index contributed by atoms with van der Waals surface area (Å²) in [6.07, 6.45) is 1.76. The Bertz CT molecular complexity index is 1160. The number of amides is 1. The number of hydrogen-bond donors (Lipinski definition) is 1. The number of nitrogens with one attached hydrogen (secondary N) is 1. The average molecular weight is 423 g/mol. The largest absolute Gasteiger partial charge is 0.482 e. The molecule has 2 aromatic carbocycles. The second-order valence-corrected chi connectivity index (χ2v) is 7.27. The molecule has 3 rings (SSSR count). The van der Waals surface area contributed by atoms with Gasteiger partial charge in [-0.25, -0.2) is 9.59 Å². The summed E-state index contributed by atoms with van der Waals surface area (Å²) in [5, 5.41) is 3.24. The van der Waals surface area contributed by atoms with Gasteiger partial charge in [0.05, 0.1) is 0 Å². The van der Waals surface area contributed by atoms with Crippen molar-refractivity contribution in [3.05, 3.63) is 69.6 Å². The van der Waals surface area contributed by atoms with Gasteiger partial charge in [0.2, 0.25) is 0 Å². The summed E-state index contributed by atoms with van der Waals surface area (Å²) in [5.41, 5.74) is 1.61. The van der Waals surface area contributed by atoms with Crippen LogP contribution in [0.2, 0.25) is 0 Å². The Hall–Kier alpha value is -3.61. The fourth-order valence-corrected chi connectivity index (χ4v) is 2.89. The van der Waals surface area contributed by atoms with Gasteiger partial charge in [-0.1, -0.05) is 19.4 Å². The second-order valence-electron chi connectivity index (χ2n) is 7.27. The lowest BCUT2D eigenvalue weighted by molar-refractivity contribution is -0.136. The lowest BCUT2D eigenvalue weighted by Crippen LogP contribution is -2.28. The van der Waals surface area contributed by atoms with E-state index in [1.54, 1.807) is 18.2 Å². The van der Waals surface area contributed by atoms with Crippen LogP contribution in [0.5, 0.6) is 11.5 Å². The molecular weight excluding hydrogens is 398 g/mol. The number of carbonyl (C=O) groups is 2. The molecule has 0 aliphatic carbocycles. The van der Waals surface area contributed by atoms with Gasteiger partial charge < -0.3 is 19.2 Å². The molecular formula is C24H25NO6. The monoisotopic (exact) mass is 423 g/mol. The number of carbonyl (C=O) groups excluding carboxylic acids is 2. The van der Waals surface area contributed by atoms with E-state index in [2.05, 4.69) is 5.32 Å². The molecule has 7 nitrogen and oxygen atoms in total. The molecule has 0 spiro atoms. The van der Waals surface area contributed by atoms with Gasteiger partial charge in [-0.3, -0.25) is 4.79 Å². The molecule has 0 radical (unpaired) electrons. The van der Waals surface area contributed by atoms with E-state index < -0.39 is 17.5 Å². The summed E-state index contributed by atoms with van der Waals surface area (Å²) in [5.74, 6) is -0.270. The number of rotatable bonds is 8. The molecule has 1 heterocycles. The zero-order valence-corrected chi connectivity index (χ0v) is 17.8. The van der Waals surface area contributed by atoms with Gasteiger partial charge in [0, 0.05) is 18.0 Å². The molecule has 3 aromatic rings. The van der Waals surface area contributed by atoms with Gasteiger partial charge >= 0.3 is 11.6 Å². The van der Waals surface area contributed by atoms with Crippen LogP contribution in [0.3, 0.4) is 0 Å². The zero-order chi connectivity index (χ0) is 22.4. The van der Waals surface area contributed by atoms with Gasteiger partial charge in [0.15, 0.2) is 6.61 Å². The standard InChI is InChI=1S/C24H25NO6/c1-4-5-10-25-23(27)20-12-17-7-9-19(13-21(17)31-24(20)28)30-22(26)14-29-18-8-6-15(2)16(3)11-18/h6-9,11-13H,4-5,10,14H2,1-3H3,(H,25,27). The Kier molecular flexibility index (Phi) is 7.07. The highest BCUT2D eigenvalue weighted by Gasteiger charge is 2.14. The average Bonchev–Trinajstić information content (AvgIpc) is 2.74. The van der Waals surface area contributed by atoms with Crippen LogP contribution in [0.1, 0.15) is 41.3 Å². The fourth-order valence-electron chi connectivity index (χ4n) is 2.89. The summed E-state index contributed by atoms with van der Waals surface area (Å²) in [7, 11) is 0. The molecule has 0 saturated heterocycles. The number of unbranched alkanes of at least 4 members (excludes halogenated alkanes) is 1. The van der Waals surface area contributed by atoms with Crippen LogP contribution in [0.4, 0.5) is 0 Å². The molecule has 1 amide bonds. The van der Waals surface area contributed by atoms with Crippen LogP contribution in [0.15, 0.2) is 51.7 Å². The molecule has 162 valence electrons. The molecule has 0 fully saturated rings. The molecule has 0 atom stereocenters. The Balaban J connectivity index is 1.67. The lowest BCUT2D eigenvalue weighted by Gasteiger charge is -2.09. The van der Waals surface area contributed by atoms with Crippen molar-refractivity contribution in [3.63, 3.8) is 0 Å². The van der Waals surface area contributed by atoms with Crippen molar-refractivity contribution in [2.45, 2.75) is 33.6 Å². The minimum absolute atomic E-state index is 0.0601. The highest BCUT2D eigenvalue weighted by atomic mass is 16.6. The highest BCUT2D eigenvalue weighted by Crippen LogP contribution is 2.21. The smallest absolute Gasteiger partial charge is 0.349 e. The van der Waals surface area contributed by atoms with Crippen molar-refractivity contribution in [2.75, 3.05) is 13.2 Å². The molecule has 0 aliphatic heterocycles. The van der Waals surface area contributed by atoms with Crippen LogP contribution in [-0.2, 0) is 4.79 Å². The Morgan fingerprint density at radius 1 is 1.00 bits per heavy atom. The minimum Gasteiger partial charge on any atom is -0.482 e. The van der Waals surface area contributed by atoms with Gasteiger partial charge in [-0.2, -0.15) is 0 Å². The van der Waals surface area contributed by atoms with Crippen molar-refractivity contribution >= 4 is 22.8 Å². The third-order valence-corrected chi connectivity index (χ3v) is 4.83.